The Morgan fingerprint density at radius 1 is 1.25 bits per heavy atom. The lowest BCUT2D eigenvalue weighted by atomic mass is 10.2. The SMILES string of the molecule is CC(=O)c1cccc(S(=O)(=O)Nc2ccc(Cl)cn2)c1. The number of nitrogens with one attached hydrogen (secondary N) is 1. The summed E-state index contributed by atoms with van der Waals surface area (Å²) >= 11 is 5.68. The maximum absolute atomic E-state index is 12.2. The summed E-state index contributed by atoms with van der Waals surface area (Å²) in [6, 6.07) is 8.78. The van der Waals surface area contributed by atoms with Crippen molar-refractivity contribution in [3.63, 3.8) is 0 Å². The van der Waals surface area contributed by atoms with E-state index < -0.39 is 10.0 Å². The summed E-state index contributed by atoms with van der Waals surface area (Å²) in [5.74, 6) is -0.0469. The molecule has 1 aromatic heterocycles. The number of aromatic nitrogens is 1. The minimum absolute atomic E-state index is 0.00181. The van der Waals surface area contributed by atoms with E-state index in [4.69, 9.17) is 11.6 Å². The van der Waals surface area contributed by atoms with Gasteiger partial charge in [-0.2, -0.15) is 0 Å². The van der Waals surface area contributed by atoms with Crippen molar-refractivity contribution < 1.29 is 13.2 Å². The molecule has 0 saturated carbocycles. The molecule has 20 heavy (non-hydrogen) atoms. The van der Waals surface area contributed by atoms with Crippen LogP contribution in [0.3, 0.4) is 0 Å². The zero-order valence-electron chi connectivity index (χ0n) is 10.5. The Labute approximate surface area is 121 Å². The third-order valence-electron chi connectivity index (χ3n) is 2.52. The van der Waals surface area contributed by atoms with E-state index in [9.17, 15) is 13.2 Å². The van der Waals surface area contributed by atoms with E-state index in [0.717, 1.165) is 0 Å². The Hall–Kier alpha value is -1.92. The van der Waals surface area contributed by atoms with Crippen molar-refractivity contribution in [3.05, 3.63) is 53.2 Å². The van der Waals surface area contributed by atoms with Gasteiger partial charge in [0.2, 0.25) is 0 Å². The number of anilines is 1. The van der Waals surface area contributed by atoms with Crippen LogP contribution in [0.4, 0.5) is 5.82 Å². The maximum Gasteiger partial charge on any atom is 0.263 e. The van der Waals surface area contributed by atoms with E-state index >= 15 is 0 Å². The first kappa shape index (κ1) is 14.5. The molecule has 0 atom stereocenters. The Kier molecular flexibility index (Phi) is 4.06. The van der Waals surface area contributed by atoms with Gasteiger partial charge in [0.05, 0.1) is 9.92 Å². The van der Waals surface area contributed by atoms with Crippen molar-refractivity contribution in [3.8, 4) is 0 Å². The van der Waals surface area contributed by atoms with Gasteiger partial charge in [0.25, 0.3) is 10.0 Å². The molecule has 0 radical (unpaired) electrons. The van der Waals surface area contributed by atoms with Gasteiger partial charge in [-0.05, 0) is 31.2 Å². The van der Waals surface area contributed by atoms with Crippen molar-refractivity contribution in [1.82, 2.24) is 4.98 Å². The monoisotopic (exact) mass is 310 g/mol. The van der Waals surface area contributed by atoms with Crippen molar-refractivity contribution in [1.29, 1.82) is 0 Å². The zero-order valence-corrected chi connectivity index (χ0v) is 12.1. The number of ketones is 1. The molecule has 1 heterocycles. The van der Waals surface area contributed by atoms with Crippen LogP contribution < -0.4 is 4.72 Å². The van der Waals surface area contributed by atoms with E-state index in [-0.39, 0.29) is 16.5 Å². The summed E-state index contributed by atoms with van der Waals surface area (Å²) in [5.41, 5.74) is 0.331. The number of sulfonamides is 1. The van der Waals surface area contributed by atoms with E-state index in [1.807, 2.05) is 0 Å². The van der Waals surface area contributed by atoms with Gasteiger partial charge >= 0.3 is 0 Å². The second-order valence-corrected chi connectivity index (χ2v) is 6.17. The first-order valence-electron chi connectivity index (χ1n) is 5.64. The highest BCUT2D eigenvalue weighted by atomic mass is 35.5. The summed E-state index contributed by atoms with van der Waals surface area (Å²) in [6.45, 7) is 1.37. The van der Waals surface area contributed by atoms with Crippen LogP contribution in [-0.2, 0) is 10.0 Å². The third kappa shape index (κ3) is 3.34. The van der Waals surface area contributed by atoms with Crippen LogP contribution >= 0.6 is 11.6 Å². The highest BCUT2D eigenvalue weighted by Crippen LogP contribution is 2.17. The molecule has 0 amide bonds. The fourth-order valence-electron chi connectivity index (χ4n) is 1.52. The van der Waals surface area contributed by atoms with Crippen LogP contribution in [0.2, 0.25) is 5.02 Å². The van der Waals surface area contributed by atoms with Crippen LogP contribution in [0.5, 0.6) is 0 Å². The smallest absolute Gasteiger partial charge is 0.263 e. The zero-order chi connectivity index (χ0) is 14.8. The number of Topliss-reactive ketones (excluding diaryl/α,β-unsaturated/α-hetero) is 1. The van der Waals surface area contributed by atoms with Gasteiger partial charge in [-0.15, -0.1) is 0 Å². The Bertz CT molecular complexity index is 742. The maximum atomic E-state index is 12.2. The number of benzene rings is 1. The number of pyridine rings is 1. The topological polar surface area (TPSA) is 76.1 Å². The fraction of sp³-hybridized carbons (Fsp3) is 0.0769. The van der Waals surface area contributed by atoms with Gasteiger partial charge in [-0.3, -0.25) is 9.52 Å². The van der Waals surface area contributed by atoms with E-state index in [0.29, 0.717) is 10.6 Å². The summed E-state index contributed by atoms with van der Waals surface area (Å²) in [4.78, 5) is 15.1. The minimum Gasteiger partial charge on any atom is -0.295 e. The van der Waals surface area contributed by atoms with Crippen molar-refractivity contribution >= 4 is 33.2 Å². The molecular weight excluding hydrogens is 300 g/mol. The lowest BCUT2D eigenvalue weighted by Gasteiger charge is -2.08. The van der Waals surface area contributed by atoms with Crippen LogP contribution in [-0.4, -0.2) is 19.2 Å². The van der Waals surface area contributed by atoms with Gasteiger partial charge in [0, 0.05) is 11.8 Å². The van der Waals surface area contributed by atoms with E-state index in [1.165, 1.54) is 43.5 Å². The molecule has 7 heteroatoms. The number of carbonyl (C=O) groups excluding carboxylic acids is 1. The largest absolute Gasteiger partial charge is 0.295 e. The summed E-state index contributed by atoms with van der Waals surface area (Å²) < 4.78 is 26.7. The number of carbonyl (C=O) groups is 1. The molecule has 0 saturated heterocycles. The van der Waals surface area contributed by atoms with Crippen molar-refractivity contribution in [2.45, 2.75) is 11.8 Å². The number of nitrogens with zero attached hydrogens (tertiary/aromatic N) is 1. The van der Waals surface area contributed by atoms with Crippen LogP contribution in [0.1, 0.15) is 17.3 Å². The number of rotatable bonds is 4. The fourth-order valence-corrected chi connectivity index (χ4v) is 2.68. The molecular formula is C13H11ClN2O3S. The van der Waals surface area contributed by atoms with E-state index in [1.54, 1.807) is 6.07 Å². The summed E-state index contributed by atoms with van der Waals surface area (Å²) in [7, 11) is -3.79. The molecule has 0 aliphatic heterocycles. The highest BCUT2D eigenvalue weighted by molar-refractivity contribution is 7.92. The molecule has 0 fully saturated rings. The average Bonchev–Trinajstić information content (AvgIpc) is 2.41. The Morgan fingerprint density at radius 3 is 2.60 bits per heavy atom. The molecule has 5 nitrogen and oxygen atoms in total. The molecule has 0 aliphatic rings. The Balaban J connectivity index is 2.33. The number of halogens is 1. The first-order valence-corrected chi connectivity index (χ1v) is 7.50. The van der Waals surface area contributed by atoms with Gasteiger partial charge < -0.3 is 0 Å². The predicted octanol–water partition coefficient (Wildman–Crippen LogP) is 2.74. The summed E-state index contributed by atoms with van der Waals surface area (Å²) in [5, 5.41) is 0.409. The lowest BCUT2D eigenvalue weighted by Crippen LogP contribution is -2.14. The molecule has 0 aliphatic carbocycles. The average molecular weight is 311 g/mol. The second kappa shape index (κ2) is 5.60. The lowest BCUT2D eigenvalue weighted by molar-refractivity contribution is 0.101. The van der Waals surface area contributed by atoms with Crippen LogP contribution in [0, 0.1) is 0 Å². The first-order chi connectivity index (χ1) is 9.38. The van der Waals surface area contributed by atoms with Crippen LogP contribution in [0.25, 0.3) is 0 Å². The molecule has 0 spiro atoms. The quantitative estimate of drug-likeness (QED) is 0.881. The Morgan fingerprint density at radius 2 is 2.00 bits per heavy atom. The molecule has 0 bridgehead atoms. The van der Waals surface area contributed by atoms with Gasteiger partial charge in [0.1, 0.15) is 5.82 Å². The number of hydrogen-bond donors (Lipinski definition) is 1. The molecule has 0 unspecified atom stereocenters. The van der Waals surface area contributed by atoms with E-state index in [2.05, 4.69) is 9.71 Å². The third-order valence-corrected chi connectivity index (χ3v) is 4.09. The molecule has 2 rings (SSSR count). The van der Waals surface area contributed by atoms with Gasteiger partial charge in [-0.25, -0.2) is 13.4 Å². The molecule has 1 aromatic carbocycles. The van der Waals surface area contributed by atoms with Gasteiger partial charge in [-0.1, -0.05) is 23.7 Å². The minimum atomic E-state index is -3.79. The standard InChI is InChI=1S/C13H11ClN2O3S/c1-9(17)10-3-2-4-12(7-10)20(18,19)16-13-6-5-11(14)8-15-13/h2-8H,1H3,(H,15,16). The second-order valence-electron chi connectivity index (χ2n) is 4.05. The molecule has 2 aromatic rings. The van der Waals surface area contributed by atoms with Crippen molar-refractivity contribution in [2.75, 3.05) is 4.72 Å². The van der Waals surface area contributed by atoms with Crippen LogP contribution in [0.15, 0.2) is 47.5 Å². The normalized spacial score (nSPS) is 11.1. The predicted molar refractivity (Wildman–Crippen MR) is 76.5 cm³/mol. The number of hydrogen-bond acceptors (Lipinski definition) is 4. The van der Waals surface area contributed by atoms with Gasteiger partial charge in [0.15, 0.2) is 5.78 Å². The van der Waals surface area contributed by atoms with Crippen molar-refractivity contribution in [2.24, 2.45) is 0 Å². The summed E-state index contributed by atoms with van der Waals surface area (Å²) in [6.07, 6.45) is 1.34. The molecule has 104 valence electrons. The highest BCUT2D eigenvalue weighted by Gasteiger charge is 2.16. The molecule has 1 N–H and O–H groups in total.